The zero-order valence-electron chi connectivity index (χ0n) is 8.43. The molecule has 1 rings (SSSR count). The Morgan fingerprint density at radius 1 is 1.57 bits per heavy atom. The molecule has 0 spiro atoms. The third kappa shape index (κ3) is 1.70. The number of carboxylic acids is 1. The molecule has 0 aliphatic carbocycles. The van der Waals surface area contributed by atoms with Crippen LogP contribution in [0.1, 0.15) is 13.3 Å². The summed E-state index contributed by atoms with van der Waals surface area (Å²) in [6.07, 6.45) is 1.99. The summed E-state index contributed by atoms with van der Waals surface area (Å²) >= 11 is 0. The number of likely N-dealkylation sites (tertiary alicyclic amines) is 1. The first kappa shape index (κ1) is 10.9. The topological polar surface area (TPSA) is 57.6 Å². The van der Waals surface area contributed by atoms with E-state index in [-0.39, 0.29) is 17.9 Å². The number of Topliss-reactive ketones (excluding diaryl/α,β-unsaturated/α-hetero) is 1. The molecule has 1 heterocycles. The van der Waals surface area contributed by atoms with Gasteiger partial charge in [-0.15, -0.1) is 6.58 Å². The Balaban J connectivity index is 2.88. The van der Waals surface area contributed by atoms with Crippen LogP contribution in [-0.2, 0) is 9.59 Å². The van der Waals surface area contributed by atoms with E-state index in [0.717, 1.165) is 0 Å². The Hall–Kier alpha value is -1.16. The van der Waals surface area contributed by atoms with Gasteiger partial charge in [0.1, 0.15) is 5.78 Å². The molecule has 14 heavy (non-hydrogen) atoms. The molecular formula is C10H15NO3. The molecule has 3 atom stereocenters. The molecule has 4 heteroatoms. The Morgan fingerprint density at radius 3 is 2.43 bits per heavy atom. The average molecular weight is 197 g/mol. The first-order valence-corrected chi connectivity index (χ1v) is 4.56. The number of carbonyl (C=O) groups is 2. The summed E-state index contributed by atoms with van der Waals surface area (Å²) in [5.41, 5.74) is 0. The summed E-state index contributed by atoms with van der Waals surface area (Å²) in [4.78, 5) is 23.9. The maximum absolute atomic E-state index is 11.2. The number of carboxylic acid groups (broad SMARTS) is 1. The lowest BCUT2D eigenvalue weighted by molar-refractivity contribution is -0.141. The standard InChI is InChI=1S/C10H15NO3/c1-4-8-7(10(13)14)5-9(6(2)12)11(8)3/h4,7-9H,1,5H2,2-3H3,(H,13,14)/t7?,8-,9+/m0/s1. The van der Waals surface area contributed by atoms with E-state index >= 15 is 0 Å². The van der Waals surface area contributed by atoms with Gasteiger partial charge in [-0.25, -0.2) is 0 Å². The molecule has 1 fully saturated rings. The number of aliphatic carboxylic acids is 1. The first-order chi connectivity index (χ1) is 6.49. The van der Waals surface area contributed by atoms with Gasteiger partial charge in [-0.05, 0) is 20.4 Å². The zero-order valence-corrected chi connectivity index (χ0v) is 8.43. The van der Waals surface area contributed by atoms with Crippen LogP contribution >= 0.6 is 0 Å². The predicted molar refractivity (Wildman–Crippen MR) is 52.0 cm³/mol. The zero-order chi connectivity index (χ0) is 10.9. The number of ketones is 1. The normalized spacial score (nSPS) is 32.9. The SMILES string of the molecule is C=C[C@H]1C(C(=O)O)C[C@H](C(C)=O)N1C. The lowest BCUT2D eigenvalue weighted by atomic mass is 9.98. The van der Waals surface area contributed by atoms with Crippen LogP contribution in [0.25, 0.3) is 0 Å². The minimum Gasteiger partial charge on any atom is -0.481 e. The van der Waals surface area contributed by atoms with Crippen molar-refractivity contribution in [1.82, 2.24) is 4.90 Å². The second kappa shape index (κ2) is 3.92. The first-order valence-electron chi connectivity index (χ1n) is 4.56. The van der Waals surface area contributed by atoms with E-state index in [1.807, 2.05) is 0 Å². The van der Waals surface area contributed by atoms with E-state index in [1.165, 1.54) is 6.92 Å². The summed E-state index contributed by atoms with van der Waals surface area (Å²) < 4.78 is 0. The van der Waals surface area contributed by atoms with Crippen molar-refractivity contribution in [1.29, 1.82) is 0 Å². The molecule has 1 saturated heterocycles. The van der Waals surface area contributed by atoms with Crippen molar-refractivity contribution in [3.8, 4) is 0 Å². The van der Waals surface area contributed by atoms with Crippen molar-refractivity contribution in [2.75, 3.05) is 7.05 Å². The average Bonchev–Trinajstić information content (AvgIpc) is 2.42. The fourth-order valence-corrected chi connectivity index (χ4v) is 2.07. The molecule has 4 nitrogen and oxygen atoms in total. The molecule has 78 valence electrons. The minimum absolute atomic E-state index is 0.0168. The van der Waals surface area contributed by atoms with E-state index in [2.05, 4.69) is 6.58 Å². The molecule has 0 aromatic heterocycles. The van der Waals surface area contributed by atoms with E-state index in [0.29, 0.717) is 6.42 Å². The molecule has 1 aliphatic rings. The van der Waals surface area contributed by atoms with Crippen molar-refractivity contribution >= 4 is 11.8 Å². The van der Waals surface area contributed by atoms with Gasteiger partial charge in [-0.2, -0.15) is 0 Å². The Kier molecular flexibility index (Phi) is 3.06. The Labute approximate surface area is 83.2 Å². The fraction of sp³-hybridized carbons (Fsp3) is 0.600. The van der Waals surface area contributed by atoms with Crippen molar-refractivity contribution in [2.24, 2.45) is 5.92 Å². The second-order valence-corrected chi connectivity index (χ2v) is 3.70. The van der Waals surface area contributed by atoms with E-state index in [9.17, 15) is 9.59 Å². The highest BCUT2D eigenvalue weighted by atomic mass is 16.4. The minimum atomic E-state index is -0.856. The highest BCUT2D eigenvalue weighted by Gasteiger charge is 2.42. The molecule has 1 N–H and O–H groups in total. The van der Waals surface area contributed by atoms with Crippen LogP contribution in [0, 0.1) is 5.92 Å². The van der Waals surface area contributed by atoms with E-state index in [1.54, 1.807) is 18.0 Å². The largest absolute Gasteiger partial charge is 0.481 e. The highest BCUT2D eigenvalue weighted by molar-refractivity contribution is 5.84. The number of rotatable bonds is 3. The maximum Gasteiger partial charge on any atom is 0.308 e. The summed E-state index contributed by atoms with van der Waals surface area (Å²) in [7, 11) is 1.77. The molecule has 1 aliphatic heterocycles. The van der Waals surface area contributed by atoms with Crippen LogP contribution in [0.3, 0.4) is 0 Å². The molecule has 0 bridgehead atoms. The van der Waals surface area contributed by atoms with Crippen LogP contribution in [0.15, 0.2) is 12.7 Å². The van der Waals surface area contributed by atoms with Crippen LogP contribution < -0.4 is 0 Å². The molecule has 0 aromatic carbocycles. The molecule has 0 amide bonds. The van der Waals surface area contributed by atoms with Gasteiger partial charge in [0, 0.05) is 6.04 Å². The molecule has 0 saturated carbocycles. The quantitative estimate of drug-likeness (QED) is 0.671. The number of carbonyl (C=O) groups excluding carboxylic acids is 1. The monoisotopic (exact) mass is 197 g/mol. The van der Waals surface area contributed by atoms with Crippen molar-refractivity contribution in [3.63, 3.8) is 0 Å². The number of likely N-dealkylation sites (N-methyl/N-ethyl adjacent to an activating group) is 1. The van der Waals surface area contributed by atoms with Gasteiger partial charge in [0.25, 0.3) is 0 Å². The van der Waals surface area contributed by atoms with Gasteiger partial charge in [0.05, 0.1) is 12.0 Å². The van der Waals surface area contributed by atoms with Crippen molar-refractivity contribution in [3.05, 3.63) is 12.7 Å². The van der Waals surface area contributed by atoms with E-state index < -0.39 is 11.9 Å². The van der Waals surface area contributed by atoms with Crippen LogP contribution in [0.4, 0.5) is 0 Å². The maximum atomic E-state index is 11.2. The number of hydrogen-bond acceptors (Lipinski definition) is 3. The Morgan fingerprint density at radius 2 is 2.14 bits per heavy atom. The summed E-state index contributed by atoms with van der Waals surface area (Å²) in [6, 6.07) is -0.513. The van der Waals surface area contributed by atoms with Gasteiger partial charge in [-0.1, -0.05) is 6.08 Å². The predicted octanol–water partition coefficient (Wildman–Crippen LogP) is 0.535. The second-order valence-electron chi connectivity index (χ2n) is 3.70. The molecule has 1 unspecified atom stereocenters. The van der Waals surface area contributed by atoms with Gasteiger partial charge in [0.15, 0.2) is 0 Å². The van der Waals surface area contributed by atoms with Crippen LogP contribution in [0.2, 0.25) is 0 Å². The van der Waals surface area contributed by atoms with Gasteiger partial charge < -0.3 is 5.11 Å². The Bertz CT molecular complexity index is 275. The summed E-state index contributed by atoms with van der Waals surface area (Å²) in [5, 5.41) is 8.95. The van der Waals surface area contributed by atoms with Gasteiger partial charge in [0.2, 0.25) is 0 Å². The smallest absolute Gasteiger partial charge is 0.308 e. The van der Waals surface area contributed by atoms with Gasteiger partial charge in [-0.3, -0.25) is 14.5 Å². The van der Waals surface area contributed by atoms with Crippen molar-refractivity contribution in [2.45, 2.75) is 25.4 Å². The number of hydrogen-bond donors (Lipinski definition) is 1. The lowest BCUT2D eigenvalue weighted by Crippen LogP contribution is -2.37. The lowest BCUT2D eigenvalue weighted by Gasteiger charge is -2.22. The molecule has 0 aromatic rings. The third-order valence-electron chi connectivity index (χ3n) is 2.88. The fourth-order valence-electron chi connectivity index (χ4n) is 2.07. The van der Waals surface area contributed by atoms with E-state index in [4.69, 9.17) is 5.11 Å². The van der Waals surface area contributed by atoms with Crippen LogP contribution in [-0.4, -0.2) is 40.9 Å². The van der Waals surface area contributed by atoms with Crippen molar-refractivity contribution < 1.29 is 14.7 Å². The number of nitrogens with zero attached hydrogens (tertiary/aromatic N) is 1. The molecule has 0 radical (unpaired) electrons. The summed E-state index contributed by atoms with van der Waals surface area (Å²) in [6.45, 7) is 5.09. The van der Waals surface area contributed by atoms with Gasteiger partial charge >= 0.3 is 5.97 Å². The third-order valence-corrected chi connectivity index (χ3v) is 2.88. The summed E-state index contributed by atoms with van der Waals surface area (Å²) in [5.74, 6) is -1.35. The van der Waals surface area contributed by atoms with Crippen LogP contribution in [0.5, 0.6) is 0 Å². The highest BCUT2D eigenvalue weighted by Crippen LogP contribution is 2.29. The molecular weight excluding hydrogens is 182 g/mol.